The Hall–Kier alpha value is -2.86. The van der Waals surface area contributed by atoms with Crippen LogP contribution in [-0.4, -0.2) is 70.3 Å². The number of nitrogens with zero attached hydrogens (tertiary/aromatic N) is 1. The van der Waals surface area contributed by atoms with Crippen LogP contribution in [-0.2, 0) is 14.8 Å². The van der Waals surface area contributed by atoms with Crippen LogP contribution in [0.2, 0.25) is 0 Å². The minimum Gasteiger partial charge on any atom is -0.396 e. The van der Waals surface area contributed by atoms with E-state index in [4.69, 9.17) is 9.47 Å². The number of aromatic nitrogens is 2. The number of benzene rings is 2. The van der Waals surface area contributed by atoms with Gasteiger partial charge in [-0.1, -0.05) is 71.0 Å². The maximum absolute atomic E-state index is 13.5. The first-order valence-electron chi connectivity index (χ1n) is 12.7. The van der Waals surface area contributed by atoms with Gasteiger partial charge < -0.3 is 24.8 Å². The van der Waals surface area contributed by atoms with Gasteiger partial charge in [-0.3, -0.25) is 14.3 Å². The first-order valence-corrected chi connectivity index (χ1v) is 14.4. The molecular weight excluding hydrogens is 504 g/mol. The smallest absolute Gasteiger partial charge is 0.330 e. The van der Waals surface area contributed by atoms with Gasteiger partial charge in [-0.2, -0.15) is 0 Å². The summed E-state index contributed by atoms with van der Waals surface area (Å²) in [4.78, 5) is 28.3. The number of aliphatic hydroxyl groups excluding tert-OH is 2. The molecule has 204 valence electrons. The van der Waals surface area contributed by atoms with E-state index >= 15 is 0 Å². The minimum absolute atomic E-state index is 0.0675. The fourth-order valence-corrected chi connectivity index (χ4v) is 9.44. The highest BCUT2D eigenvalue weighted by Gasteiger charge is 2.70. The SMILES string of the molecule is Cc1cn([C@]2([SiH](c3ccccc3)c3ccccc3)O[C@H](COC(C)(C)C)[C@@H](O)[C@]2(O)CCO)c(=O)[nH]c1=O. The predicted molar refractivity (Wildman–Crippen MR) is 147 cm³/mol. The number of aryl methyl sites for hydroxylation is 1. The number of hydrogen-bond donors (Lipinski definition) is 4. The van der Waals surface area contributed by atoms with Gasteiger partial charge in [-0.15, -0.1) is 0 Å². The quantitative estimate of drug-likeness (QED) is 0.290. The molecule has 0 unspecified atom stereocenters. The summed E-state index contributed by atoms with van der Waals surface area (Å²) in [6, 6.07) is 18.8. The van der Waals surface area contributed by atoms with Crippen molar-refractivity contribution >= 4 is 19.2 Å². The van der Waals surface area contributed by atoms with Gasteiger partial charge in [0, 0.05) is 24.8 Å². The minimum atomic E-state index is -2.89. The Kier molecular flexibility index (Phi) is 7.94. The van der Waals surface area contributed by atoms with Crippen molar-refractivity contribution in [2.24, 2.45) is 0 Å². The zero-order valence-corrected chi connectivity index (χ0v) is 23.3. The summed E-state index contributed by atoms with van der Waals surface area (Å²) in [5.41, 5.74) is -3.80. The molecular formula is C28H36N2O7Si. The molecule has 9 nitrogen and oxygen atoms in total. The molecule has 0 spiro atoms. The van der Waals surface area contributed by atoms with Crippen LogP contribution < -0.4 is 21.6 Å². The molecule has 0 bridgehead atoms. The highest BCUT2D eigenvalue weighted by Crippen LogP contribution is 2.47. The maximum atomic E-state index is 13.5. The van der Waals surface area contributed by atoms with Crippen molar-refractivity contribution < 1.29 is 24.8 Å². The summed E-state index contributed by atoms with van der Waals surface area (Å²) in [6.07, 6.45) is -1.46. The number of hydrogen-bond acceptors (Lipinski definition) is 7. The molecule has 0 saturated carbocycles. The van der Waals surface area contributed by atoms with Crippen LogP contribution in [0.25, 0.3) is 0 Å². The molecule has 1 saturated heterocycles. The topological polar surface area (TPSA) is 134 Å². The number of ether oxygens (including phenoxy) is 2. The standard InChI is InChI=1S/C28H36N2O7Si/c1-19-17-30(25(34)29-24(19)33)28(38(20-11-7-5-8-12-20)21-13-9-6-10-14-21)27(35,15-16-31)23(32)22(37-28)18-36-26(2,3)4/h5-14,17,22-23,31-32,35,38H,15-16,18H2,1-4H3,(H,29,33,34)/t22-,23-,27-,28+/m1/s1. The van der Waals surface area contributed by atoms with E-state index in [1.807, 2.05) is 81.4 Å². The summed E-state index contributed by atoms with van der Waals surface area (Å²) in [7, 11) is -2.89. The lowest BCUT2D eigenvalue weighted by Crippen LogP contribution is -2.74. The average Bonchev–Trinajstić information content (AvgIpc) is 3.09. The molecule has 1 fully saturated rings. The number of aliphatic hydroxyl groups is 3. The van der Waals surface area contributed by atoms with E-state index in [9.17, 15) is 24.9 Å². The fraction of sp³-hybridized carbons (Fsp3) is 0.429. The van der Waals surface area contributed by atoms with Crippen molar-refractivity contribution in [2.45, 2.75) is 62.9 Å². The first-order chi connectivity index (χ1) is 17.9. The molecule has 0 radical (unpaired) electrons. The van der Waals surface area contributed by atoms with Crippen LogP contribution in [0.15, 0.2) is 76.4 Å². The molecule has 4 atom stereocenters. The van der Waals surface area contributed by atoms with E-state index < -0.39 is 55.4 Å². The molecule has 38 heavy (non-hydrogen) atoms. The van der Waals surface area contributed by atoms with Crippen molar-refractivity contribution in [3.8, 4) is 0 Å². The maximum Gasteiger partial charge on any atom is 0.330 e. The van der Waals surface area contributed by atoms with Crippen LogP contribution in [0.1, 0.15) is 32.8 Å². The Labute approximate surface area is 222 Å². The number of nitrogens with one attached hydrogen (secondary N) is 1. The van der Waals surface area contributed by atoms with Gasteiger partial charge in [-0.25, -0.2) is 4.79 Å². The highest BCUT2D eigenvalue weighted by molar-refractivity contribution is 6.86. The Bertz CT molecular complexity index is 1320. The zero-order valence-electron chi connectivity index (χ0n) is 22.1. The van der Waals surface area contributed by atoms with E-state index in [0.29, 0.717) is 0 Å². The molecule has 10 heteroatoms. The number of H-pyrrole nitrogens is 1. The lowest BCUT2D eigenvalue weighted by molar-refractivity contribution is -0.157. The summed E-state index contributed by atoms with van der Waals surface area (Å²) in [5.74, 6) is 0. The van der Waals surface area contributed by atoms with Crippen molar-refractivity contribution in [3.05, 3.63) is 93.3 Å². The Morgan fingerprint density at radius 1 is 1.05 bits per heavy atom. The molecule has 0 aliphatic carbocycles. The van der Waals surface area contributed by atoms with Crippen LogP contribution in [0.5, 0.6) is 0 Å². The van der Waals surface area contributed by atoms with Crippen molar-refractivity contribution in [2.75, 3.05) is 13.2 Å². The van der Waals surface area contributed by atoms with Crippen molar-refractivity contribution in [1.82, 2.24) is 9.55 Å². The summed E-state index contributed by atoms with van der Waals surface area (Å²) >= 11 is 0. The number of rotatable bonds is 8. The highest BCUT2D eigenvalue weighted by atomic mass is 28.3. The third-order valence-electron chi connectivity index (χ3n) is 7.10. The third kappa shape index (κ3) is 4.95. The van der Waals surface area contributed by atoms with Gasteiger partial charge in [0.25, 0.3) is 5.56 Å². The fourth-order valence-electron chi connectivity index (χ4n) is 5.34. The van der Waals surface area contributed by atoms with Crippen LogP contribution >= 0.6 is 0 Å². The molecule has 2 aromatic carbocycles. The normalized spacial score (nSPS) is 25.7. The molecule has 2 heterocycles. The van der Waals surface area contributed by atoms with Gasteiger partial charge in [0.15, 0.2) is 14.1 Å². The van der Waals surface area contributed by atoms with E-state index in [-0.39, 0.29) is 18.6 Å². The number of aromatic amines is 1. The van der Waals surface area contributed by atoms with Gasteiger partial charge >= 0.3 is 5.69 Å². The van der Waals surface area contributed by atoms with Crippen LogP contribution in [0, 0.1) is 6.92 Å². The molecule has 1 aromatic heterocycles. The lowest BCUT2D eigenvalue weighted by atomic mass is 9.90. The molecule has 3 aromatic rings. The van der Waals surface area contributed by atoms with E-state index in [2.05, 4.69) is 4.98 Å². The molecule has 0 amide bonds. The van der Waals surface area contributed by atoms with Crippen LogP contribution in [0.3, 0.4) is 0 Å². The zero-order chi connectivity index (χ0) is 27.7. The first kappa shape index (κ1) is 28.2. The second kappa shape index (κ2) is 10.7. The monoisotopic (exact) mass is 540 g/mol. The van der Waals surface area contributed by atoms with Crippen LogP contribution in [0.4, 0.5) is 0 Å². The summed E-state index contributed by atoms with van der Waals surface area (Å²) in [5, 5.41) is 34.1. The Balaban J connectivity index is 2.09. The Morgan fingerprint density at radius 3 is 2.11 bits per heavy atom. The second-order valence-electron chi connectivity index (χ2n) is 10.8. The third-order valence-corrected chi connectivity index (χ3v) is 10.9. The van der Waals surface area contributed by atoms with Gasteiger partial charge in [0.1, 0.15) is 17.8 Å². The average molecular weight is 541 g/mol. The van der Waals surface area contributed by atoms with Gasteiger partial charge in [-0.05, 0) is 27.7 Å². The van der Waals surface area contributed by atoms with Crippen molar-refractivity contribution in [1.29, 1.82) is 0 Å². The van der Waals surface area contributed by atoms with Gasteiger partial charge in [0.05, 0.1) is 12.2 Å². The molecule has 1 aliphatic rings. The summed E-state index contributed by atoms with van der Waals surface area (Å²) < 4.78 is 13.9. The van der Waals surface area contributed by atoms with E-state index in [0.717, 1.165) is 10.4 Å². The lowest BCUT2D eigenvalue weighted by Gasteiger charge is -2.47. The second-order valence-corrected chi connectivity index (χ2v) is 13.8. The van der Waals surface area contributed by atoms with E-state index in [1.165, 1.54) is 10.8 Å². The van der Waals surface area contributed by atoms with Crippen molar-refractivity contribution in [3.63, 3.8) is 0 Å². The Morgan fingerprint density at radius 2 is 1.61 bits per heavy atom. The molecule has 4 N–H and O–H groups in total. The summed E-state index contributed by atoms with van der Waals surface area (Å²) in [6.45, 7) is 6.60. The van der Waals surface area contributed by atoms with Gasteiger partial charge in [0.2, 0.25) is 0 Å². The molecule has 1 aliphatic heterocycles. The van der Waals surface area contributed by atoms with E-state index in [1.54, 1.807) is 6.92 Å². The molecule has 4 rings (SSSR count). The largest absolute Gasteiger partial charge is 0.396 e. The predicted octanol–water partition coefficient (Wildman–Crippen LogP) is -0.233.